The Morgan fingerprint density at radius 3 is 2.96 bits per heavy atom. The quantitative estimate of drug-likeness (QED) is 0.778. The summed E-state index contributed by atoms with van der Waals surface area (Å²) in [6, 6.07) is 8.25. The first-order valence-corrected chi connectivity index (χ1v) is 7.80. The van der Waals surface area contributed by atoms with Crippen LogP contribution >= 0.6 is 0 Å². The predicted molar refractivity (Wildman–Crippen MR) is 91.9 cm³/mol. The minimum atomic E-state index is 0.758. The molecule has 1 fully saturated rings. The zero-order chi connectivity index (χ0) is 15.6. The second-order valence-electron chi connectivity index (χ2n) is 5.55. The number of hydrogen-bond donors (Lipinski definition) is 2. The van der Waals surface area contributed by atoms with Crippen LogP contribution < -0.4 is 10.2 Å². The van der Waals surface area contributed by atoms with Crippen molar-refractivity contribution in [2.45, 2.75) is 0 Å². The minimum absolute atomic E-state index is 0.758. The van der Waals surface area contributed by atoms with Crippen molar-refractivity contribution in [2.24, 2.45) is 0 Å². The smallest absolute Gasteiger partial charge is 0.138 e. The SMILES string of the molecule is CNc1cnc2[nH]cc(-c3cccc(N4CCOCC4)n3)c2c1. The van der Waals surface area contributed by atoms with Gasteiger partial charge in [-0.2, -0.15) is 0 Å². The predicted octanol–water partition coefficient (Wildman–Crippen LogP) is 2.50. The van der Waals surface area contributed by atoms with Crippen LogP contribution in [0.25, 0.3) is 22.3 Å². The molecule has 4 heterocycles. The summed E-state index contributed by atoms with van der Waals surface area (Å²) in [5.41, 5.74) is 3.88. The molecule has 1 aliphatic rings. The maximum absolute atomic E-state index is 5.42. The topological polar surface area (TPSA) is 66.1 Å². The number of fused-ring (bicyclic) bond motifs is 1. The highest BCUT2D eigenvalue weighted by molar-refractivity contribution is 5.94. The molecule has 3 aromatic heterocycles. The Morgan fingerprint density at radius 2 is 2.13 bits per heavy atom. The number of pyridine rings is 2. The van der Waals surface area contributed by atoms with Crippen LogP contribution in [0.15, 0.2) is 36.7 Å². The molecule has 23 heavy (non-hydrogen) atoms. The van der Waals surface area contributed by atoms with E-state index in [1.807, 2.05) is 25.5 Å². The summed E-state index contributed by atoms with van der Waals surface area (Å²) in [6.07, 6.45) is 3.79. The number of anilines is 2. The lowest BCUT2D eigenvalue weighted by Crippen LogP contribution is -2.36. The van der Waals surface area contributed by atoms with E-state index in [1.165, 1.54) is 0 Å². The lowest BCUT2D eigenvalue weighted by atomic mass is 10.1. The second kappa shape index (κ2) is 5.89. The maximum Gasteiger partial charge on any atom is 0.138 e. The molecule has 0 atom stereocenters. The van der Waals surface area contributed by atoms with Gasteiger partial charge >= 0.3 is 0 Å². The molecule has 0 bridgehead atoms. The monoisotopic (exact) mass is 309 g/mol. The first-order chi connectivity index (χ1) is 11.3. The van der Waals surface area contributed by atoms with E-state index in [9.17, 15) is 0 Å². The van der Waals surface area contributed by atoms with Gasteiger partial charge in [-0.1, -0.05) is 6.07 Å². The molecule has 0 amide bonds. The van der Waals surface area contributed by atoms with E-state index < -0.39 is 0 Å². The molecule has 1 saturated heterocycles. The Kier molecular flexibility index (Phi) is 3.59. The standard InChI is InChI=1S/C17H19N5O/c1-18-12-9-13-14(11-20-17(13)19-10-12)15-3-2-4-16(21-15)22-5-7-23-8-6-22/h2-4,9-11,18H,5-8H2,1H3,(H,19,20). The number of morpholine rings is 1. The van der Waals surface area contributed by atoms with Crippen LogP contribution in [0.3, 0.4) is 0 Å². The molecule has 4 rings (SSSR count). The average molecular weight is 309 g/mol. The summed E-state index contributed by atoms with van der Waals surface area (Å²) < 4.78 is 5.42. The number of aromatic amines is 1. The lowest BCUT2D eigenvalue weighted by molar-refractivity contribution is 0.122. The highest BCUT2D eigenvalue weighted by atomic mass is 16.5. The molecule has 118 valence electrons. The molecule has 0 saturated carbocycles. The Morgan fingerprint density at radius 1 is 1.26 bits per heavy atom. The van der Waals surface area contributed by atoms with Crippen molar-refractivity contribution in [1.82, 2.24) is 15.0 Å². The third-order valence-electron chi connectivity index (χ3n) is 4.17. The van der Waals surface area contributed by atoms with Crippen LogP contribution in [0.1, 0.15) is 0 Å². The van der Waals surface area contributed by atoms with Crippen LogP contribution in [0.5, 0.6) is 0 Å². The molecule has 6 heteroatoms. The summed E-state index contributed by atoms with van der Waals surface area (Å²) in [4.78, 5) is 14.8. The largest absolute Gasteiger partial charge is 0.387 e. The number of nitrogens with one attached hydrogen (secondary N) is 2. The molecular formula is C17H19N5O. The highest BCUT2D eigenvalue weighted by Crippen LogP contribution is 2.29. The highest BCUT2D eigenvalue weighted by Gasteiger charge is 2.14. The minimum Gasteiger partial charge on any atom is -0.387 e. The van der Waals surface area contributed by atoms with Crippen LogP contribution in [-0.2, 0) is 4.74 Å². The van der Waals surface area contributed by atoms with Gasteiger partial charge in [0.05, 0.1) is 30.8 Å². The van der Waals surface area contributed by atoms with Crippen LogP contribution in [0, 0.1) is 0 Å². The Hall–Kier alpha value is -2.60. The fourth-order valence-corrected chi connectivity index (χ4v) is 2.89. The van der Waals surface area contributed by atoms with E-state index in [2.05, 4.69) is 38.4 Å². The van der Waals surface area contributed by atoms with E-state index in [0.717, 1.165) is 60.1 Å². The van der Waals surface area contributed by atoms with Crippen molar-refractivity contribution >= 4 is 22.5 Å². The Labute approximate surface area is 134 Å². The third kappa shape index (κ3) is 2.61. The molecule has 0 aliphatic carbocycles. The maximum atomic E-state index is 5.42. The van der Waals surface area contributed by atoms with Gasteiger partial charge in [0, 0.05) is 37.3 Å². The number of hydrogen-bond acceptors (Lipinski definition) is 5. The molecule has 0 aromatic carbocycles. The zero-order valence-electron chi connectivity index (χ0n) is 13.0. The van der Waals surface area contributed by atoms with Crippen molar-refractivity contribution in [3.05, 3.63) is 36.7 Å². The lowest BCUT2D eigenvalue weighted by Gasteiger charge is -2.28. The molecule has 6 nitrogen and oxygen atoms in total. The van der Waals surface area contributed by atoms with Crippen molar-refractivity contribution in [3.8, 4) is 11.3 Å². The van der Waals surface area contributed by atoms with Crippen LogP contribution in [0.4, 0.5) is 11.5 Å². The summed E-state index contributed by atoms with van der Waals surface area (Å²) in [5.74, 6) is 0.998. The van der Waals surface area contributed by atoms with E-state index in [1.54, 1.807) is 0 Å². The molecule has 0 unspecified atom stereocenters. The fraction of sp³-hybridized carbons (Fsp3) is 0.294. The second-order valence-corrected chi connectivity index (χ2v) is 5.55. The van der Waals surface area contributed by atoms with Crippen molar-refractivity contribution in [2.75, 3.05) is 43.6 Å². The van der Waals surface area contributed by atoms with Gasteiger partial charge in [-0.05, 0) is 18.2 Å². The van der Waals surface area contributed by atoms with Gasteiger partial charge in [0.25, 0.3) is 0 Å². The molecule has 3 aromatic rings. The number of rotatable bonds is 3. The average Bonchev–Trinajstić information content (AvgIpc) is 3.05. The Balaban J connectivity index is 1.75. The van der Waals surface area contributed by atoms with Gasteiger partial charge in [0.1, 0.15) is 11.5 Å². The molecule has 1 aliphatic heterocycles. The third-order valence-corrected chi connectivity index (χ3v) is 4.17. The van der Waals surface area contributed by atoms with Gasteiger partial charge in [-0.15, -0.1) is 0 Å². The first kappa shape index (κ1) is 14.0. The zero-order valence-corrected chi connectivity index (χ0v) is 13.0. The van der Waals surface area contributed by atoms with E-state index >= 15 is 0 Å². The summed E-state index contributed by atoms with van der Waals surface area (Å²) in [5, 5.41) is 4.20. The molecule has 0 radical (unpaired) electrons. The van der Waals surface area contributed by atoms with Gasteiger partial charge in [0.15, 0.2) is 0 Å². The summed E-state index contributed by atoms with van der Waals surface area (Å²) in [6.45, 7) is 3.29. The molecular weight excluding hydrogens is 290 g/mol. The van der Waals surface area contributed by atoms with Crippen molar-refractivity contribution < 1.29 is 4.74 Å². The van der Waals surface area contributed by atoms with Crippen molar-refractivity contribution in [3.63, 3.8) is 0 Å². The molecule has 2 N–H and O–H groups in total. The number of nitrogens with zero attached hydrogens (tertiary/aromatic N) is 3. The Bertz CT molecular complexity index is 823. The first-order valence-electron chi connectivity index (χ1n) is 7.80. The fourth-order valence-electron chi connectivity index (χ4n) is 2.89. The van der Waals surface area contributed by atoms with Crippen LogP contribution in [-0.4, -0.2) is 48.3 Å². The number of ether oxygens (including phenoxy) is 1. The van der Waals surface area contributed by atoms with E-state index in [4.69, 9.17) is 9.72 Å². The number of aromatic nitrogens is 3. The normalized spacial score (nSPS) is 15.1. The summed E-state index contributed by atoms with van der Waals surface area (Å²) >= 11 is 0. The summed E-state index contributed by atoms with van der Waals surface area (Å²) in [7, 11) is 1.90. The van der Waals surface area contributed by atoms with E-state index in [0.29, 0.717) is 0 Å². The van der Waals surface area contributed by atoms with E-state index in [-0.39, 0.29) is 0 Å². The van der Waals surface area contributed by atoms with Gasteiger partial charge in [0.2, 0.25) is 0 Å². The van der Waals surface area contributed by atoms with Gasteiger partial charge in [-0.3, -0.25) is 0 Å². The molecule has 0 spiro atoms. The number of H-pyrrole nitrogens is 1. The van der Waals surface area contributed by atoms with Crippen molar-refractivity contribution in [1.29, 1.82) is 0 Å². The van der Waals surface area contributed by atoms with Crippen LogP contribution in [0.2, 0.25) is 0 Å². The van der Waals surface area contributed by atoms with Gasteiger partial charge < -0.3 is 19.9 Å². The van der Waals surface area contributed by atoms with Gasteiger partial charge in [-0.25, -0.2) is 9.97 Å².